The predicted octanol–water partition coefficient (Wildman–Crippen LogP) is 3.96. The Kier molecular flexibility index (Phi) is 6.33. The van der Waals surface area contributed by atoms with Gasteiger partial charge in [0.1, 0.15) is 0 Å². The highest BCUT2D eigenvalue weighted by Gasteiger charge is 2.19. The van der Waals surface area contributed by atoms with Crippen LogP contribution in [0.15, 0.2) is 42.5 Å². The number of halogens is 2. The summed E-state index contributed by atoms with van der Waals surface area (Å²) >= 11 is 0. The monoisotopic (exact) mass is 349 g/mol. The second kappa shape index (κ2) is 8.46. The molecule has 2 aromatic carbocycles. The van der Waals surface area contributed by atoms with E-state index in [0.29, 0.717) is 23.7 Å². The number of carbonyl (C=O) groups is 1. The molecule has 0 fully saturated rings. The molecule has 0 saturated heterocycles. The SMILES string of the molecule is CCOc1ccccc1OCC(=O)N(C)C(C)c1ccc(F)c(F)c1. The van der Waals surface area contributed by atoms with E-state index in [2.05, 4.69) is 0 Å². The van der Waals surface area contributed by atoms with Crippen molar-refractivity contribution < 1.29 is 23.0 Å². The van der Waals surface area contributed by atoms with Crippen molar-refractivity contribution in [2.75, 3.05) is 20.3 Å². The number of carbonyl (C=O) groups excluding carboxylic acids is 1. The van der Waals surface area contributed by atoms with Gasteiger partial charge >= 0.3 is 0 Å². The van der Waals surface area contributed by atoms with Crippen LogP contribution in [0.4, 0.5) is 8.78 Å². The van der Waals surface area contributed by atoms with Gasteiger partial charge in [0.25, 0.3) is 5.91 Å². The molecule has 2 rings (SSSR count). The molecule has 0 heterocycles. The van der Waals surface area contributed by atoms with E-state index in [1.165, 1.54) is 11.0 Å². The number of benzene rings is 2. The summed E-state index contributed by atoms with van der Waals surface area (Å²) in [4.78, 5) is 13.8. The standard InChI is InChI=1S/C19H21F2NO3/c1-4-24-17-7-5-6-8-18(17)25-12-19(23)22(3)13(2)14-9-10-15(20)16(21)11-14/h5-11,13H,4,12H2,1-3H3. The zero-order valence-electron chi connectivity index (χ0n) is 14.5. The van der Waals surface area contributed by atoms with Crippen LogP contribution in [0.1, 0.15) is 25.5 Å². The van der Waals surface area contributed by atoms with Crippen LogP contribution in [-0.4, -0.2) is 31.1 Å². The van der Waals surface area contributed by atoms with Crippen LogP contribution < -0.4 is 9.47 Å². The van der Waals surface area contributed by atoms with Gasteiger partial charge in [0.05, 0.1) is 12.6 Å². The molecule has 1 atom stereocenters. The summed E-state index contributed by atoms with van der Waals surface area (Å²) < 4.78 is 37.4. The maximum atomic E-state index is 13.4. The number of nitrogens with zero attached hydrogens (tertiary/aromatic N) is 1. The van der Waals surface area contributed by atoms with Crippen molar-refractivity contribution in [3.63, 3.8) is 0 Å². The van der Waals surface area contributed by atoms with E-state index in [1.54, 1.807) is 32.2 Å². The molecule has 1 amide bonds. The fourth-order valence-corrected chi connectivity index (χ4v) is 2.30. The van der Waals surface area contributed by atoms with E-state index in [1.807, 2.05) is 13.0 Å². The number of rotatable bonds is 7. The molecule has 0 aromatic heterocycles. The molecule has 0 aliphatic heterocycles. The van der Waals surface area contributed by atoms with Crippen LogP contribution in [0.5, 0.6) is 11.5 Å². The molecule has 0 bridgehead atoms. The molecular formula is C19H21F2NO3. The lowest BCUT2D eigenvalue weighted by molar-refractivity contribution is -0.134. The average Bonchev–Trinajstić information content (AvgIpc) is 2.62. The third kappa shape index (κ3) is 4.68. The number of amides is 1. The van der Waals surface area contributed by atoms with Crippen molar-refractivity contribution in [2.45, 2.75) is 19.9 Å². The smallest absolute Gasteiger partial charge is 0.260 e. The van der Waals surface area contributed by atoms with Gasteiger partial charge in [-0.05, 0) is 43.7 Å². The normalized spacial score (nSPS) is 11.7. The van der Waals surface area contributed by atoms with E-state index in [0.717, 1.165) is 12.1 Å². The first kappa shape index (κ1) is 18.7. The summed E-state index contributed by atoms with van der Waals surface area (Å²) in [5, 5.41) is 0. The molecule has 6 heteroatoms. The van der Waals surface area contributed by atoms with Gasteiger partial charge < -0.3 is 14.4 Å². The predicted molar refractivity (Wildman–Crippen MR) is 90.6 cm³/mol. The van der Waals surface area contributed by atoms with Crippen molar-refractivity contribution in [3.05, 3.63) is 59.7 Å². The quantitative estimate of drug-likeness (QED) is 0.759. The third-order valence-corrected chi connectivity index (χ3v) is 3.90. The van der Waals surface area contributed by atoms with E-state index in [4.69, 9.17) is 9.47 Å². The van der Waals surface area contributed by atoms with Gasteiger partial charge in [0, 0.05) is 7.05 Å². The minimum atomic E-state index is -0.938. The molecule has 0 radical (unpaired) electrons. The highest BCUT2D eigenvalue weighted by Crippen LogP contribution is 2.27. The molecule has 0 aliphatic carbocycles. The number of hydrogen-bond acceptors (Lipinski definition) is 3. The minimum absolute atomic E-state index is 0.186. The van der Waals surface area contributed by atoms with Crippen LogP contribution in [0.2, 0.25) is 0 Å². The van der Waals surface area contributed by atoms with Gasteiger partial charge in [-0.2, -0.15) is 0 Å². The Labute approximate surface area is 146 Å². The van der Waals surface area contributed by atoms with Gasteiger partial charge in [0.15, 0.2) is 29.7 Å². The first-order chi connectivity index (χ1) is 11.9. The van der Waals surface area contributed by atoms with Crippen LogP contribution in [0.25, 0.3) is 0 Å². The third-order valence-electron chi connectivity index (χ3n) is 3.90. The van der Waals surface area contributed by atoms with E-state index < -0.39 is 17.7 Å². The molecule has 0 spiro atoms. The average molecular weight is 349 g/mol. The largest absolute Gasteiger partial charge is 0.490 e. The van der Waals surface area contributed by atoms with Gasteiger partial charge in [-0.15, -0.1) is 0 Å². The van der Waals surface area contributed by atoms with Crippen molar-refractivity contribution in [2.24, 2.45) is 0 Å². The molecule has 1 unspecified atom stereocenters. The number of hydrogen-bond donors (Lipinski definition) is 0. The fourth-order valence-electron chi connectivity index (χ4n) is 2.30. The lowest BCUT2D eigenvalue weighted by atomic mass is 10.1. The van der Waals surface area contributed by atoms with Crippen molar-refractivity contribution in [3.8, 4) is 11.5 Å². The van der Waals surface area contributed by atoms with E-state index in [-0.39, 0.29) is 12.5 Å². The Morgan fingerprint density at radius 2 is 1.72 bits per heavy atom. The Bertz CT molecular complexity index is 736. The molecule has 0 N–H and O–H groups in total. The highest BCUT2D eigenvalue weighted by atomic mass is 19.2. The van der Waals surface area contributed by atoms with Crippen LogP contribution in [-0.2, 0) is 4.79 Å². The van der Waals surface area contributed by atoms with Gasteiger partial charge in [0.2, 0.25) is 0 Å². The van der Waals surface area contributed by atoms with Crippen LogP contribution in [0, 0.1) is 11.6 Å². The molecule has 2 aromatic rings. The molecule has 4 nitrogen and oxygen atoms in total. The maximum Gasteiger partial charge on any atom is 0.260 e. The molecule has 0 saturated carbocycles. The summed E-state index contributed by atoms with van der Waals surface area (Å²) in [6.07, 6.45) is 0. The second-order valence-corrected chi connectivity index (χ2v) is 5.52. The van der Waals surface area contributed by atoms with Crippen LogP contribution in [0.3, 0.4) is 0 Å². The second-order valence-electron chi connectivity index (χ2n) is 5.52. The van der Waals surface area contributed by atoms with Gasteiger partial charge in [-0.25, -0.2) is 8.78 Å². The highest BCUT2D eigenvalue weighted by molar-refractivity contribution is 5.78. The van der Waals surface area contributed by atoms with Crippen molar-refractivity contribution >= 4 is 5.91 Å². The molecule has 134 valence electrons. The Morgan fingerprint density at radius 1 is 1.08 bits per heavy atom. The lowest BCUT2D eigenvalue weighted by Crippen LogP contribution is -2.33. The Hall–Kier alpha value is -2.63. The Morgan fingerprint density at radius 3 is 2.32 bits per heavy atom. The number of ether oxygens (including phenoxy) is 2. The summed E-state index contributed by atoms with van der Waals surface area (Å²) in [6.45, 7) is 3.90. The van der Waals surface area contributed by atoms with Gasteiger partial charge in [-0.1, -0.05) is 18.2 Å². The van der Waals surface area contributed by atoms with Gasteiger partial charge in [-0.3, -0.25) is 4.79 Å². The Balaban J connectivity index is 2.01. The van der Waals surface area contributed by atoms with E-state index in [9.17, 15) is 13.6 Å². The summed E-state index contributed by atoms with van der Waals surface area (Å²) in [7, 11) is 1.59. The maximum absolute atomic E-state index is 13.4. The van der Waals surface area contributed by atoms with E-state index >= 15 is 0 Å². The molecular weight excluding hydrogens is 328 g/mol. The first-order valence-corrected chi connectivity index (χ1v) is 7.99. The van der Waals surface area contributed by atoms with Crippen LogP contribution >= 0.6 is 0 Å². The van der Waals surface area contributed by atoms with Crippen molar-refractivity contribution in [1.29, 1.82) is 0 Å². The lowest BCUT2D eigenvalue weighted by Gasteiger charge is -2.25. The topological polar surface area (TPSA) is 38.8 Å². The zero-order valence-corrected chi connectivity index (χ0v) is 14.5. The zero-order chi connectivity index (χ0) is 18.4. The fraction of sp³-hybridized carbons (Fsp3) is 0.316. The summed E-state index contributed by atoms with van der Waals surface area (Å²) in [5.74, 6) is -1.10. The number of para-hydroxylation sites is 2. The first-order valence-electron chi connectivity index (χ1n) is 7.99. The molecule has 25 heavy (non-hydrogen) atoms. The number of likely N-dealkylation sites (N-methyl/N-ethyl adjacent to an activating group) is 1. The minimum Gasteiger partial charge on any atom is -0.490 e. The summed E-state index contributed by atoms with van der Waals surface area (Å²) in [6, 6.07) is 10.3. The van der Waals surface area contributed by atoms with Crippen molar-refractivity contribution in [1.82, 2.24) is 4.90 Å². The molecule has 0 aliphatic rings. The summed E-state index contributed by atoms with van der Waals surface area (Å²) in [5.41, 5.74) is 0.504.